The first-order valence-electron chi connectivity index (χ1n) is 6.67. The van der Waals surface area contributed by atoms with E-state index in [1.54, 1.807) is 47.4 Å². The van der Waals surface area contributed by atoms with E-state index in [1.165, 1.54) is 0 Å². The third-order valence-corrected chi connectivity index (χ3v) is 5.30. The lowest BCUT2D eigenvalue weighted by Crippen LogP contribution is -2.35. The van der Waals surface area contributed by atoms with Gasteiger partial charge in [0.15, 0.2) is 0 Å². The second-order valence-corrected chi connectivity index (χ2v) is 7.07. The number of pyridine rings is 1. The highest BCUT2D eigenvalue weighted by Gasteiger charge is 2.39. The lowest BCUT2D eigenvalue weighted by atomic mass is 10.2. The van der Waals surface area contributed by atoms with Gasteiger partial charge in [0.1, 0.15) is 5.37 Å². The Bertz CT molecular complexity index is 678. The summed E-state index contributed by atoms with van der Waals surface area (Å²) in [5.74, 6) is -0.0187. The van der Waals surface area contributed by atoms with Crippen molar-refractivity contribution in [2.75, 3.05) is 5.43 Å². The van der Waals surface area contributed by atoms with Crippen molar-refractivity contribution in [3.63, 3.8) is 0 Å². The van der Waals surface area contributed by atoms with E-state index in [0.717, 1.165) is 5.56 Å². The van der Waals surface area contributed by atoms with E-state index in [9.17, 15) is 4.79 Å². The molecule has 22 heavy (non-hydrogen) atoms. The summed E-state index contributed by atoms with van der Waals surface area (Å²) in [6.07, 6.45) is 3.46. The summed E-state index contributed by atoms with van der Waals surface area (Å²) in [6.45, 7) is 1.88. The van der Waals surface area contributed by atoms with Crippen LogP contribution in [0.5, 0.6) is 0 Å². The zero-order chi connectivity index (χ0) is 15.7. The van der Waals surface area contributed by atoms with Gasteiger partial charge in [-0.2, -0.15) is 0 Å². The van der Waals surface area contributed by atoms with Gasteiger partial charge in [0.25, 0.3) is 5.91 Å². The number of carbonyl (C=O) groups is 1. The summed E-state index contributed by atoms with van der Waals surface area (Å²) in [5.41, 5.74) is 4.55. The van der Waals surface area contributed by atoms with E-state index in [4.69, 9.17) is 23.2 Å². The highest BCUT2D eigenvalue weighted by molar-refractivity contribution is 8.01. The monoisotopic (exact) mass is 353 g/mol. The standard InChI is InChI=1S/C15H13Cl2N3OS/c1-9-14(21)20(15(22-9)10-4-3-7-18-8-10)19-13-11(16)5-2-6-12(13)17/h2-9,15,19H,1H3. The number of benzene rings is 1. The Morgan fingerprint density at radius 3 is 2.59 bits per heavy atom. The third kappa shape index (κ3) is 2.89. The molecule has 3 rings (SSSR count). The second-order valence-electron chi connectivity index (χ2n) is 4.83. The molecule has 114 valence electrons. The second kappa shape index (κ2) is 6.36. The first-order valence-corrected chi connectivity index (χ1v) is 8.37. The van der Waals surface area contributed by atoms with Crippen LogP contribution in [0.1, 0.15) is 17.9 Å². The number of para-hydroxylation sites is 1. The molecule has 2 unspecified atom stereocenters. The summed E-state index contributed by atoms with van der Waals surface area (Å²) < 4.78 is 0. The number of hydrogen-bond acceptors (Lipinski definition) is 4. The number of thioether (sulfide) groups is 1. The summed E-state index contributed by atoms with van der Waals surface area (Å²) in [4.78, 5) is 16.6. The zero-order valence-corrected chi connectivity index (χ0v) is 14.0. The number of amides is 1. The van der Waals surface area contributed by atoms with E-state index in [1.807, 2.05) is 19.1 Å². The summed E-state index contributed by atoms with van der Waals surface area (Å²) in [6, 6.07) is 9.01. The summed E-state index contributed by atoms with van der Waals surface area (Å²) in [7, 11) is 0. The Kier molecular flexibility index (Phi) is 4.47. The Hall–Kier alpha value is -1.43. The molecule has 1 fully saturated rings. The molecule has 2 atom stereocenters. The van der Waals surface area contributed by atoms with Crippen molar-refractivity contribution in [3.05, 3.63) is 58.3 Å². The van der Waals surface area contributed by atoms with Crippen LogP contribution in [0, 0.1) is 0 Å². The number of hydrazine groups is 1. The van der Waals surface area contributed by atoms with Crippen LogP contribution in [-0.4, -0.2) is 21.2 Å². The minimum Gasteiger partial charge on any atom is -0.292 e. The van der Waals surface area contributed by atoms with Crippen LogP contribution in [0.4, 0.5) is 5.69 Å². The van der Waals surface area contributed by atoms with Crippen LogP contribution in [0.25, 0.3) is 0 Å². The van der Waals surface area contributed by atoms with Gasteiger partial charge in [-0.3, -0.25) is 15.2 Å². The molecule has 1 aromatic heterocycles. The van der Waals surface area contributed by atoms with Crippen LogP contribution >= 0.6 is 35.0 Å². The maximum Gasteiger partial charge on any atom is 0.255 e. The molecule has 1 aromatic carbocycles. The molecule has 2 aromatic rings. The lowest BCUT2D eigenvalue weighted by Gasteiger charge is -2.26. The van der Waals surface area contributed by atoms with Gasteiger partial charge in [-0.25, -0.2) is 5.01 Å². The molecule has 0 saturated carbocycles. The molecule has 0 spiro atoms. The first-order chi connectivity index (χ1) is 10.6. The lowest BCUT2D eigenvalue weighted by molar-refractivity contribution is -0.128. The van der Waals surface area contributed by atoms with Crippen molar-refractivity contribution in [3.8, 4) is 0 Å². The minimum atomic E-state index is -0.177. The third-order valence-electron chi connectivity index (χ3n) is 3.32. The Morgan fingerprint density at radius 2 is 1.95 bits per heavy atom. The van der Waals surface area contributed by atoms with Crippen molar-refractivity contribution < 1.29 is 4.79 Å². The molecule has 1 amide bonds. The minimum absolute atomic E-state index is 0.0187. The smallest absolute Gasteiger partial charge is 0.255 e. The average Bonchev–Trinajstić information content (AvgIpc) is 2.80. The van der Waals surface area contributed by atoms with Gasteiger partial charge in [-0.15, -0.1) is 11.8 Å². The normalized spacial score (nSPS) is 21.2. The predicted octanol–water partition coefficient (Wildman–Crippen LogP) is 4.38. The van der Waals surface area contributed by atoms with Crippen molar-refractivity contribution in [2.45, 2.75) is 17.5 Å². The molecule has 1 N–H and O–H groups in total. The van der Waals surface area contributed by atoms with Crippen molar-refractivity contribution >= 4 is 46.6 Å². The molecule has 0 aliphatic carbocycles. The van der Waals surface area contributed by atoms with E-state index in [0.29, 0.717) is 15.7 Å². The topological polar surface area (TPSA) is 45.2 Å². The zero-order valence-electron chi connectivity index (χ0n) is 11.7. The molecular weight excluding hydrogens is 341 g/mol. The number of carbonyl (C=O) groups excluding carboxylic acids is 1. The first kappa shape index (κ1) is 15.5. The average molecular weight is 354 g/mol. The predicted molar refractivity (Wildman–Crippen MR) is 91.0 cm³/mol. The number of nitrogens with one attached hydrogen (secondary N) is 1. The number of anilines is 1. The number of aromatic nitrogens is 1. The molecule has 2 heterocycles. The largest absolute Gasteiger partial charge is 0.292 e. The molecule has 7 heteroatoms. The number of rotatable bonds is 3. The highest BCUT2D eigenvalue weighted by atomic mass is 35.5. The molecule has 0 radical (unpaired) electrons. The fraction of sp³-hybridized carbons (Fsp3) is 0.200. The van der Waals surface area contributed by atoms with Gasteiger partial charge in [0, 0.05) is 18.0 Å². The fourth-order valence-electron chi connectivity index (χ4n) is 2.21. The number of nitrogens with zero attached hydrogens (tertiary/aromatic N) is 2. The van der Waals surface area contributed by atoms with Gasteiger partial charge in [-0.05, 0) is 25.1 Å². The van der Waals surface area contributed by atoms with Crippen LogP contribution in [0.2, 0.25) is 10.0 Å². The van der Waals surface area contributed by atoms with Gasteiger partial charge < -0.3 is 0 Å². The quantitative estimate of drug-likeness (QED) is 0.889. The summed E-state index contributed by atoms with van der Waals surface area (Å²) >= 11 is 13.9. The van der Waals surface area contributed by atoms with Crippen molar-refractivity contribution in [1.82, 2.24) is 9.99 Å². The molecular formula is C15H13Cl2N3OS. The van der Waals surface area contributed by atoms with Gasteiger partial charge in [-0.1, -0.05) is 35.3 Å². The van der Waals surface area contributed by atoms with Crippen LogP contribution < -0.4 is 5.43 Å². The Morgan fingerprint density at radius 1 is 1.23 bits per heavy atom. The van der Waals surface area contributed by atoms with Gasteiger partial charge in [0.05, 0.1) is 21.0 Å². The van der Waals surface area contributed by atoms with E-state index >= 15 is 0 Å². The SMILES string of the molecule is CC1SC(c2cccnc2)N(Nc2c(Cl)cccc2Cl)C1=O. The van der Waals surface area contributed by atoms with Crippen molar-refractivity contribution in [1.29, 1.82) is 0 Å². The van der Waals surface area contributed by atoms with Crippen LogP contribution in [0.15, 0.2) is 42.7 Å². The fourth-order valence-corrected chi connectivity index (χ4v) is 3.89. The Labute approximate surface area is 142 Å². The van der Waals surface area contributed by atoms with E-state index in [-0.39, 0.29) is 16.5 Å². The highest BCUT2D eigenvalue weighted by Crippen LogP contribution is 2.43. The molecule has 1 aliphatic rings. The number of hydrogen-bond donors (Lipinski definition) is 1. The van der Waals surface area contributed by atoms with Crippen LogP contribution in [-0.2, 0) is 4.79 Å². The van der Waals surface area contributed by atoms with Crippen molar-refractivity contribution in [2.24, 2.45) is 0 Å². The van der Waals surface area contributed by atoms with Crippen LogP contribution in [0.3, 0.4) is 0 Å². The van der Waals surface area contributed by atoms with E-state index in [2.05, 4.69) is 10.4 Å². The molecule has 0 bridgehead atoms. The molecule has 1 saturated heterocycles. The van der Waals surface area contributed by atoms with E-state index < -0.39 is 0 Å². The Balaban J connectivity index is 1.94. The maximum absolute atomic E-state index is 12.5. The summed E-state index contributed by atoms with van der Waals surface area (Å²) in [5, 5.41) is 2.17. The number of halogens is 2. The maximum atomic E-state index is 12.5. The molecule has 4 nitrogen and oxygen atoms in total. The van der Waals surface area contributed by atoms with Gasteiger partial charge in [0.2, 0.25) is 0 Å². The molecule has 1 aliphatic heterocycles. The van der Waals surface area contributed by atoms with Gasteiger partial charge >= 0.3 is 0 Å².